The number of benzene rings is 2. The summed E-state index contributed by atoms with van der Waals surface area (Å²) in [6.45, 7) is 8.83. The molecule has 0 aromatic heterocycles. The zero-order valence-corrected chi connectivity index (χ0v) is 27.2. The zero-order valence-electron chi connectivity index (χ0n) is 27.2. The van der Waals surface area contributed by atoms with E-state index < -0.39 is 5.91 Å². The van der Waals surface area contributed by atoms with Gasteiger partial charge in [0.15, 0.2) is 0 Å². The normalized spacial score (nSPS) is 13.7. The van der Waals surface area contributed by atoms with Crippen LogP contribution in [0.15, 0.2) is 91.2 Å². The number of hydrogen-bond acceptors (Lipinski definition) is 6. The summed E-state index contributed by atoms with van der Waals surface area (Å²) in [5.41, 5.74) is 8.96. The monoisotopic (exact) mass is 617 g/mol. The minimum atomic E-state index is -0.456. The second-order valence-electron chi connectivity index (χ2n) is 11.2. The Morgan fingerprint density at radius 2 is 1.78 bits per heavy atom. The molecule has 0 bridgehead atoms. The van der Waals surface area contributed by atoms with Crippen LogP contribution in [0.5, 0.6) is 0 Å². The van der Waals surface area contributed by atoms with Gasteiger partial charge in [-0.2, -0.15) is 0 Å². The summed E-state index contributed by atoms with van der Waals surface area (Å²) in [4.78, 5) is 39.0. The van der Waals surface area contributed by atoms with Gasteiger partial charge in [-0.05, 0) is 82.2 Å². The van der Waals surface area contributed by atoms with E-state index in [0.717, 1.165) is 50.9 Å². The molecule has 9 nitrogen and oxygen atoms in total. The van der Waals surface area contributed by atoms with Crippen molar-refractivity contribution < 1.29 is 19.1 Å². The van der Waals surface area contributed by atoms with E-state index in [1.807, 2.05) is 79.8 Å². The summed E-state index contributed by atoms with van der Waals surface area (Å²) < 4.78 is 5.37. The van der Waals surface area contributed by atoms with Crippen molar-refractivity contribution in [2.75, 3.05) is 45.7 Å². The smallest absolute Gasteiger partial charge is 0.253 e. The molecule has 0 atom stereocenters. The van der Waals surface area contributed by atoms with Gasteiger partial charge in [-0.15, -0.1) is 6.58 Å². The second kappa shape index (κ2) is 21.5. The molecular weight excluding hydrogens is 566 g/mol. The van der Waals surface area contributed by atoms with Gasteiger partial charge in [-0.25, -0.2) is 0 Å². The Labute approximate surface area is 269 Å². The van der Waals surface area contributed by atoms with Crippen LogP contribution in [0.3, 0.4) is 0 Å². The van der Waals surface area contributed by atoms with E-state index in [2.05, 4.69) is 47.3 Å². The third-order valence-electron chi connectivity index (χ3n) is 6.94. The standard InChI is InChI=1S/C22H33N3O.C14H18N2O3/c1-5-7-8-15-23-17-19(10-6-2)13-14-22(26)24-21-12-9-11-20(16-21)18-25(3)4;15-13(17)10-19-12-6-8-16(9-7-12)14(18)11-4-2-1-3-5-11/h6-9,11-12,16-17,23H,2,5,10,13-15,18H2,1,3-4H3,(H,24,26);1-5,12H,6-10H2,(H2,15,17)/b8-7-,19-17+;. The molecule has 3 amide bonds. The van der Waals surface area contributed by atoms with Crippen LogP contribution in [0.1, 0.15) is 61.4 Å². The van der Waals surface area contributed by atoms with Gasteiger partial charge in [0.2, 0.25) is 11.8 Å². The van der Waals surface area contributed by atoms with Crippen molar-refractivity contribution in [1.29, 1.82) is 0 Å². The Morgan fingerprint density at radius 3 is 2.42 bits per heavy atom. The number of ether oxygens (including phenoxy) is 1. The largest absolute Gasteiger partial charge is 0.387 e. The van der Waals surface area contributed by atoms with E-state index in [9.17, 15) is 14.4 Å². The van der Waals surface area contributed by atoms with E-state index in [1.165, 1.54) is 11.1 Å². The molecule has 1 saturated heterocycles. The average molecular weight is 618 g/mol. The van der Waals surface area contributed by atoms with Crippen LogP contribution in [-0.2, 0) is 20.9 Å². The van der Waals surface area contributed by atoms with Crippen molar-refractivity contribution >= 4 is 23.4 Å². The van der Waals surface area contributed by atoms with Gasteiger partial charge >= 0.3 is 0 Å². The van der Waals surface area contributed by atoms with Crippen LogP contribution in [0.2, 0.25) is 0 Å². The molecule has 4 N–H and O–H groups in total. The molecule has 0 radical (unpaired) electrons. The lowest BCUT2D eigenvalue weighted by molar-refractivity contribution is -0.125. The minimum Gasteiger partial charge on any atom is -0.387 e. The van der Waals surface area contributed by atoms with E-state index in [0.29, 0.717) is 25.1 Å². The average Bonchev–Trinajstić information content (AvgIpc) is 3.03. The highest BCUT2D eigenvalue weighted by Crippen LogP contribution is 2.17. The van der Waals surface area contributed by atoms with Gasteiger partial charge in [0.25, 0.3) is 5.91 Å². The van der Waals surface area contributed by atoms with Crippen molar-refractivity contribution in [3.63, 3.8) is 0 Å². The maximum absolute atomic E-state index is 12.3. The molecule has 0 spiro atoms. The third kappa shape index (κ3) is 15.9. The zero-order chi connectivity index (χ0) is 32.9. The summed E-state index contributed by atoms with van der Waals surface area (Å²) in [6, 6.07) is 17.2. The first-order valence-electron chi connectivity index (χ1n) is 15.7. The number of carbonyl (C=O) groups excluding carboxylic acids is 3. The Bertz CT molecular complexity index is 1250. The van der Waals surface area contributed by atoms with Gasteiger partial charge in [-0.1, -0.05) is 61.1 Å². The number of nitrogens with zero attached hydrogens (tertiary/aromatic N) is 2. The Morgan fingerprint density at radius 1 is 1.04 bits per heavy atom. The van der Waals surface area contributed by atoms with Crippen LogP contribution >= 0.6 is 0 Å². The lowest BCUT2D eigenvalue weighted by Crippen LogP contribution is -2.41. The lowest BCUT2D eigenvalue weighted by Gasteiger charge is -2.31. The fourth-order valence-electron chi connectivity index (χ4n) is 4.74. The molecule has 1 aliphatic rings. The fourth-order valence-corrected chi connectivity index (χ4v) is 4.74. The molecule has 0 saturated carbocycles. The first-order valence-corrected chi connectivity index (χ1v) is 15.7. The van der Waals surface area contributed by atoms with Gasteiger partial charge in [0, 0.05) is 43.9 Å². The van der Waals surface area contributed by atoms with E-state index in [1.54, 1.807) is 0 Å². The van der Waals surface area contributed by atoms with Gasteiger partial charge in [-0.3, -0.25) is 14.4 Å². The molecule has 3 rings (SSSR count). The molecule has 9 heteroatoms. The summed E-state index contributed by atoms with van der Waals surface area (Å²) in [7, 11) is 4.07. The highest BCUT2D eigenvalue weighted by Gasteiger charge is 2.24. The quantitative estimate of drug-likeness (QED) is 0.174. The summed E-state index contributed by atoms with van der Waals surface area (Å²) in [5.74, 6) is -0.371. The molecule has 2 aromatic rings. The Balaban J connectivity index is 0.000000328. The summed E-state index contributed by atoms with van der Waals surface area (Å²) in [5, 5.41) is 6.27. The minimum absolute atomic E-state index is 0.0207. The maximum Gasteiger partial charge on any atom is 0.253 e. The van der Waals surface area contributed by atoms with Crippen molar-refractivity contribution in [3.05, 3.63) is 102 Å². The number of rotatable bonds is 16. The maximum atomic E-state index is 12.3. The molecule has 244 valence electrons. The van der Waals surface area contributed by atoms with Gasteiger partial charge < -0.3 is 30.9 Å². The molecule has 1 aliphatic heterocycles. The van der Waals surface area contributed by atoms with Crippen LogP contribution in [0.25, 0.3) is 0 Å². The van der Waals surface area contributed by atoms with Crippen molar-refractivity contribution in [2.45, 2.75) is 58.1 Å². The number of carbonyl (C=O) groups is 3. The number of piperidine rings is 1. The number of likely N-dealkylation sites (tertiary alicyclic amines) is 1. The van der Waals surface area contributed by atoms with Gasteiger partial charge in [0.05, 0.1) is 6.10 Å². The molecule has 1 heterocycles. The van der Waals surface area contributed by atoms with Crippen molar-refractivity contribution in [2.24, 2.45) is 5.73 Å². The van der Waals surface area contributed by atoms with Crippen LogP contribution < -0.4 is 16.4 Å². The molecule has 2 aromatic carbocycles. The predicted octanol–water partition coefficient (Wildman–Crippen LogP) is 5.28. The lowest BCUT2D eigenvalue weighted by atomic mass is 10.1. The highest BCUT2D eigenvalue weighted by molar-refractivity contribution is 5.94. The van der Waals surface area contributed by atoms with E-state index >= 15 is 0 Å². The molecule has 0 unspecified atom stereocenters. The number of hydrogen-bond donors (Lipinski definition) is 3. The molecule has 0 aliphatic carbocycles. The van der Waals surface area contributed by atoms with Crippen LogP contribution in [0.4, 0.5) is 5.69 Å². The van der Waals surface area contributed by atoms with E-state index in [4.69, 9.17) is 10.5 Å². The molecular formula is C36H51N5O4. The topological polar surface area (TPSA) is 117 Å². The van der Waals surface area contributed by atoms with Crippen molar-refractivity contribution in [3.8, 4) is 0 Å². The number of allylic oxidation sites excluding steroid dienone is 3. The van der Waals surface area contributed by atoms with Crippen LogP contribution in [-0.4, -0.2) is 74.0 Å². The van der Waals surface area contributed by atoms with Crippen LogP contribution in [0, 0.1) is 0 Å². The number of primary amides is 1. The van der Waals surface area contributed by atoms with Gasteiger partial charge in [0.1, 0.15) is 6.61 Å². The first kappa shape index (κ1) is 37.0. The molecule has 45 heavy (non-hydrogen) atoms. The number of amides is 3. The third-order valence-corrected chi connectivity index (χ3v) is 6.94. The van der Waals surface area contributed by atoms with E-state index in [-0.39, 0.29) is 24.5 Å². The second-order valence-corrected chi connectivity index (χ2v) is 11.2. The number of anilines is 1. The number of nitrogens with one attached hydrogen (secondary N) is 2. The summed E-state index contributed by atoms with van der Waals surface area (Å²) >= 11 is 0. The highest BCUT2D eigenvalue weighted by atomic mass is 16.5. The Kier molecular flexibility index (Phi) is 17.7. The SMILES string of the molecule is C=CC/C(=C\NC/C=C\CC)CCC(=O)Nc1cccc(CN(C)C)c1.NC(=O)COC1CCN(C(=O)c2ccccc2)CC1. The number of nitrogens with two attached hydrogens (primary N) is 1. The molecule has 1 fully saturated rings. The Hall–Kier alpha value is -4.21. The first-order chi connectivity index (χ1) is 21.7. The van der Waals surface area contributed by atoms with Crippen molar-refractivity contribution in [1.82, 2.24) is 15.1 Å². The summed E-state index contributed by atoms with van der Waals surface area (Å²) in [6.07, 6.45) is 12.6. The fraction of sp³-hybridized carbons (Fsp3) is 0.417. The predicted molar refractivity (Wildman–Crippen MR) is 183 cm³/mol.